The van der Waals surface area contributed by atoms with Crippen LogP contribution in [0.2, 0.25) is 10.0 Å². The van der Waals surface area contributed by atoms with Crippen molar-refractivity contribution in [3.05, 3.63) is 141 Å². The summed E-state index contributed by atoms with van der Waals surface area (Å²) in [6.45, 7) is 0. The fraction of sp³-hybridized carbons (Fsp3) is 0.121. The van der Waals surface area contributed by atoms with E-state index in [-0.39, 0.29) is 33.1 Å². The summed E-state index contributed by atoms with van der Waals surface area (Å²) >= 11 is 13.1. The number of anilines is 1. The highest BCUT2D eigenvalue weighted by molar-refractivity contribution is 6.35. The number of hydrogen-bond donors (Lipinski definition) is 1. The number of nitrogens with one attached hydrogen (secondary N) is 1. The summed E-state index contributed by atoms with van der Waals surface area (Å²) in [5, 5.41) is 3.59. The van der Waals surface area contributed by atoms with Gasteiger partial charge in [-0.05, 0) is 53.1 Å². The smallest absolute Gasteiger partial charge is 0.238 e. The Bertz CT molecular complexity index is 1770. The van der Waals surface area contributed by atoms with Crippen molar-refractivity contribution in [2.75, 3.05) is 5.32 Å². The zero-order valence-electron chi connectivity index (χ0n) is 21.1. The van der Waals surface area contributed by atoms with E-state index in [1.807, 2.05) is 65.7 Å². The van der Waals surface area contributed by atoms with Gasteiger partial charge < -0.3 is 10.2 Å². The van der Waals surface area contributed by atoms with Crippen molar-refractivity contribution in [3.63, 3.8) is 0 Å². The molecule has 3 heterocycles. The molecule has 7 rings (SSSR count). The van der Waals surface area contributed by atoms with Gasteiger partial charge in [0.25, 0.3) is 0 Å². The first kappa shape index (κ1) is 24.8. The molecule has 0 aromatic heterocycles. The van der Waals surface area contributed by atoms with Crippen molar-refractivity contribution in [1.82, 2.24) is 4.90 Å². The number of nitrogens with zero attached hydrogens (tertiary/aromatic N) is 1. The molecule has 0 aliphatic carbocycles. The number of Topliss-reactive ketones (excluding diaryl/α,β-unsaturated/α-hetero) is 2. The van der Waals surface area contributed by atoms with Gasteiger partial charge in [-0.3, -0.25) is 14.4 Å². The Morgan fingerprint density at radius 1 is 0.750 bits per heavy atom. The topological polar surface area (TPSA) is 66.5 Å². The van der Waals surface area contributed by atoms with Gasteiger partial charge in [0, 0.05) is 23.0 Å². The number of para-hydroxylation sites is 1. The molecule has 1 amide bonds. The molecule has 7 heteroatoms. The molecule has 5 nitrogen and oxygen atoms in total. The normalized spacial score (nSPS) is 23.9. The fourth-order valence-corrected chi connectivity index (χ4v) is 7.27. The molecule has 196 valence electrons. The van der Waals surface area contributed by atoms with Gasteiger partial charge in [0.2, 0.25) is 5.91 Å². The summed E-state index contributed by atoms with van der Waals surface area (Å²) in [6.07, 6.45) is 3.76. The molecular formula is C33H22Cl2N2O3. The van der Waals surface area contributed by atoms with Gasteiger partial charge in [-0.1, -0.05) is 89.9 Å². The summed E-state index contributed by atoms with van der Waals surface area (Å²) in [4.78, 5) is 45.6. The summed E-state index contributed by atoms with van der Waals surface area (Å²) < 4.78 is 0. The Kier molecular flexibility index (Phi) is 5.70. The first-order chi connectivity index (χ1) is 19.4. The standard InChI is InChI=1S/C33H22Cl2N2O3/c34-24-14-6-3-11-21(24)29(38)27-28(30(39)22-12-4-7-15-25(22)35)37-18-17-19-9-1-2-10-20(19)31(37)33(27)23-13-5-8-16-26(23)36-32(33)40/h1-18,27-28,31H,(H,36,40)/t27-,28+,31+,33+/m1/s1. The molecule has 0 saturated carbocycles. The molecular weight excluding hydrogens is 543 g/mol. The van der Waals surface area contributed by atoms with E-state index in [1.54, 1.807) is 48.5 Å². The van der Waals surface area contributed by atoms with E-state index in [4.69, 9.17) is 23.2 Å². The average molecular weight is 565 g/mol. The Morgan fingerprint density at radius 3 is 2.08 bits per heavy atom. The molecule has 0 radical (unpaired) electrons. The SMILES string of the molecule is O=C(c1ccccc1Cl)[C@@H]1[C@H](C(=O)c2ccccc2Cl)[C@]2(C(=O)Nc3ccccc32)[C@@H]2c3ccccc3C=CN12. The van der Waals surface area contributed by atoms with E-state index >= 15 is 0 Å². The maximum Gasteiger partial charge on any atom is 0.238 e. The molecule has 1 N–H and O–H groups in total. The van der Waals surface area contributed by atoms with Crippen LogP contribution in [-0.2, 0) is 10.2 Å². The number of ketones is 2. The molecule has 1 fully saturated rings. The van der Waals surface area contributed by atoms with Crippen molar-refractivity contribution >= 4 is 52.4 Å². The van der Waals surface area contributed by atoms with Gasteiger partial charge in [0.05, 0.1) is 22.0 Å². The van der Waals surface area contributed by atoms with Crippen LogP contribution in [0.4, 0.5) is 5.69 Å². The van der Waals surface area contributed by atoms with Crippen LogP contribution in [0, 0.1) is 5.92 Å². The molecule has 3 aliphatic heterocycles. The summed E-state index contributed by atoms with van der Waals surface area (Å²) in [5.74, 6) is -2.14. The van der Waals surface area contributed by atoms with E-state index in [2.05, 4.69) is 5.32 Å². The number of halogens is 2. The molecule has 4 aromatic carbocycles. The lowest BCUT2D eigenvalue weighted by molar-refractivity contribution is -0.122. The quantitative estimate of drug-likeness (QED) is 0.272. The minimum Gasteiger partial charge on any atom is -0.358 e. The number of rotatable bonds is 4. The van der Waals surface area contributed by atoms with Gasteiger partial charge >= 0.3 is 0 Å². The molecule has 3 aliphatic rings. The Morgan fingerprint density at radius 2 is 1.35 bits per heavy atom. The van der Waals surface area contributed by atoms with E-state index in [9.17, 15) is 14.4 Å². The summed E-state index contributed by atoms with van der Waals surface area (Å²) in [5.41, 5.74) is 2.23. The van der Waals surface area contributed by atoms with Crippen molar-refractivity contribution < 1.29 is 14.4 Å². The van der Waals surface area contributed by atoms with Gasteiger partial charge in [0.1, 0.15) is 11.5 Å². The first-order valence-corrected chi connectivity index (χ1v) is 13.7. The average Bonchev–Trinajstić information content (AvgIpc) is 3.45. The van der Waals surface area contributed by atoms with Crippen molar-refractivity contribution in [1.29, 1.82) is 0 Å². The Balaban J connectivity index is 1.57. The Hall–Kier alpha value is -4.19. The van der Waals surface area contributed by atoms with Crippen molar-refractivity contribution in [2.24, 2.45) is 5.92 Å². The van der Waals surface area contributed by atoms with Crippen LogP contribution >= 0.6 is 23.2 Å². The second-order valence-electron chi connectivity index (χ2n) is 10.3. The van der Waals surface area contributed by atoms with E-state index < -0.39 is 23.4 Å². The third-order valence-electron chi connectivity index (χ3n) is 8.40. The maximum absolute atomic E-state index is 14.8. The molecule has 1 spiro atoms. The van der Waals surface area contributed by atoms with Crippen molar-refractivity contribution in [3.8, 4) is 0 Å². The minimum atomic E-state index is -1.42. The van der Waals surface area contributed by atoms with E-state index in [0.717, 1.165) is 11.1 Å². The van der Waals surface area contributed by atoms with Crippen LogP contribution in [0.25, 0.3) is 6.08 Å². The lowest BCUT2D eigenvalue weighted by Gasteiger charge is -2.38. The third-order valence-corrected chi connectivity index (χ3v) is 9.06. The molecule has 40 heavy (non-hydrogen) atoms. The van der Waals surface area contributed by atoms with Gasteiger partial charge in [0.15, 0.2) is 11.6 Å². The Labute approximate surface area is 241 Å². The highest BCUT2D eigenvalue weighted by Gasteiger charge is 2.70. The highest BCUT2D eigenvalue weighted by atomic mass is 35.5. The maximum atomic E-state index is 14.8. The van der Waals surface area contributed by atoms with Crippen LogP contribution in [0.1, 0.15) is 43.4 Å². The lowest BCUT2D eigenvalue weighted by atomic mass is 9.62. The summed E-state index contributed by atoms with van der Waals surface area (Å²) in [7, 11) is 0. The third kappa shape index (κ3) is 3.31. The lowest BCUT2D eigenvalue weighted by Crippen LogP contribution is -2.49. The predicted octanol–water partition coefficient (Wildman–Crippen LogP) is 6.98. The highest BCUT2D eigenvalue weighted by Crippen LogP contribution is 2.62. The monoisotopic (exact) mass is 564 g/mol. The molecule has 1 saturated heterocycles. The van der Waals surface area contributed by atoms with E-state index in [1.165, 1.54) is 0 Å². The number of carbonyl (C=O) groups is 3. The van der Waals surface area contributed by atoms with Gasteiger partial charge in [-0.25, -0.2) is 0 Å². The molecule has 4 aromatic rings. The van der Waals surface area contributed by atoms with Crippen LogP contribution in [-0.4, -0.2) is 28.4 Å². The zero-order chi connectivity index (χ0) is 27.6. The zero-order valence-corrected chi connectivity index (χ0v) is 22.6. The number of hydrogen-bond acceptors (Lipinski definition) is 4. The number of benzene rings is 4. The fourth-order valence-electron chi connectivity index (χ4n) is 6.82. The van der Waals surface area contributed by atoms with Crippen LogP contribution in [0.5, 0.6) is 0 Å². The second-order valence-corrected chi connectivity index (χ2v) is 11.1. The van der Waals surface area contributed by atoms with Crippen molar-refractivity contribution in [2.45, 2.75) is 17.5 Å². The van der Waals surface area contributed by atoms with Crippen LogP contribution in [0.15, 0.2) is 103 Å². The largest absolute Gasteiger partial charge is 0.358 e. The predicted molar refractivity (Wildman–Crippen MR) is 156 cm³/mol. The van der Waals surface area contributed by atoms with Crippen LogP contribution in [0.3, 0.4) is 0 Å². The number of fused-ring (bicyclic) bond motifs is 6. The van der Waals surface area contributed by atoms with Gasteiger partial charge in [-0.2, -0.15) is 0 Å². The van der Waals surface area contributed by atoms with Crippen LogP contribution < -0.4 is 5.32 Å². The molecule has 4 atom stereocenters. The summed E-state index contributed by atoms with van der Waals surface area (Å²) in [6, 6.07) is 27.1. The molecule has 0 bridgehead atoms. The number of amides is 1. The second kappa shape index (κ2) is 9.19. The molecule has 0 unspecified atom stereocenters. The first-order valence-electron chi connectivity index (χ1n) is 13.0. The minimum absolute atomic E-state index is 0.263. The van der Waals surface area contributed by atoms with Gasteiger partial charge in [-0.15, -0.1) is 0 Å². The van der Waals surface area contributed by atoms with E-state index in [0.29, 0.717) is 16.8 Å². The number of carbonyl (C=O) groups excluding carboxylic acids is 3.